The Morgan fingerprint density at radius 2 is 1.94 bits per heavy atom. The molecule has 2 aliphatic heterocycles. The van der Waals surface area contributed by atoms with Crippen LogP contribution in [0.1, 0.15) is 35.5 Å². The molecule has 9 heteroatoms. The molecular weight excluding hydrogens is 428 g/mol. The van der Waals surface area contributed by atoms with Gasteiger partial charge in [0.05, 0.1) is 30.5 Å². The van der Waals surface area contributed by atoms with Crippen molar-refractivity contribution in [3.8, 4) is 0 Å². The average molecular weight is 461 g/mol. The third-order valence-electron chi connectivity index (χ3n) is 6.78. The highest BCUT2D eigenvalue weighted by molar-refractivity contribution is 5.76. The van der Waals surface area contributed by atoms with Crippen LogP contribution in [0.2, 0.25) is 0 Å². The minimum Gasteiger partial charge on any atom is -0.348 e. The summed E-state index contributed by atoms with van der Waals surface area (Å²) in [6, 6.07) is 12.5. The van der Waals surface area contributed by atoms with Crippen LogP contribution in [-0.4, -0.2) is 73.2 Å². The summed E-state index contributed by atoms with van der Waals surface area (Å²) in [5.74, 6) is 0.563. The Morgan fingerprint density at radius 3 is 2.71 bits per heavy atom. The molecular formula is C25H32N8O. The number of carbonyl (C=O) groups excluding carboxylic acids is 1. The maximum absolute atomic E-state index is 13.8. The van der Waals surface area contributed by atoms with Crippen LogP contribution in [-0.2, 0) is 26.6 Å². The first-order valence-electron chi connectivity index (χ1n) is 11.9. The minimum atomic E-state index is 0.0436. The van der Waals surface area contributed by atoms with Crippen LogP contribution < -0.4 is 5.32 Å². The monoisotopic (exact) mass is 460 g/mol. The molecule has 2 aromatic heterocycles. The fraction of sp³-hybridized carbons (Fsp3) is 0.440. The van der Waals surface area contributed by atoms with Gasteiger partial charge in [-0.3, -0.25) is 4.68 Å². The van der Waals surface area contributed by atoms with Crippen molar-refractivity contribution in [3.63, 3.8) is 0 Å². The number of nitrogens with one attached hydrogen (secondary N) is 1. The molecule has 0 saturated carbocycles. The van der Waals surface area contributed by atoms with E-state index in [1.54, 1.807) is 4.68 Å². The first kappa shape index (κ1) is 22.3. The molecule has 0 spiro atoms. The van der Waals surface area contributed by atoms with Crippen molar-refractivity contribution in [1.82, 2.24) is 34.4 Å². The van der Waals surface area contributed by atoms with Crippen LogP contribution in [0.25, 0.3) is 0 Å². The summed E-state index contributed by atoms with van der Waals surface area (Å²) in [5.41, 5.74) is 4.13. The summed E-state index contributed by atoms with van der Waals surface area (Å²) in [5, 5.41) is 7.64. The van der Waals surface area contributed by atoms with Gasteiger partial charge in [0.25, 0.3) is 0 Å². The summed E-state index contributed by atoms with van der Waals surface area (Å²) < 4.78 is 1.77. The van der Waals surface area contributed by atoms with Gasteiger partial charge in [-0.1, -0.05) is 30.3 Å². The lowest BCUT2D eigenvalue weighted by Gasteiger charge is -2.44. The van der Waals surface area contributed by atoms with Crippen molar-refractivity contribution in [1.29, 1.82) is 0 Å². The van der Waals surface area contributed by atoms with Crippen molar-refractivity contribution in [2.45, 2.75) is 38.5 Å². The standard InChI is InChI=1S/C25H32N8O/c1-18-13-20-14-26-24(27-15-21-9-10-31(3)29-21)28-22(20)16-33(18)25(34)32-12-11-30(2)17-23(32)19-7-5-4-6-8-19/h4-10,14,18,23H,11-13,15-17H2,1-3H3,(H,26,27,28)/t18-,23-/m1/s1. The summed E-state index contributed by atoms with van der Waals surface area (Å²) in [4.78, 5) is 29.4. The number of nitrogens with zero attached hydrogens (tertiary/aromatic N) is 7. The van der Waals surface area contributed by atoms with E-state index in [1.807, 2.05) is 53.5 Å². The van der Waals surface area contributed by atoms with Crippen LogP contribution in [0.5, 0.6) is 0 Å². The lowest BCUT2D eigenvalue weighted by Crippen LogP contribution is -2.56. The fourth-order valence-electron chi connectivity index (χ4n) is 4.84. The second-order valence-corrected chi connectivity index (χ2v) is 9.35. The molecule has 0 aliphatic carbocycles. The zero-order chi connectivity index (χ0) is 23.7. The topological polar surface area (TPSA) is 82.4 Å². The SMILES string of the molecule is C[C@@H]1Cc2cnc(NCc3ccn(C)n3)nc2CN1C(=O)N1CCN(C)C[C@@H]1c1ccccc1. The zero-order valence-electron chi connectivity index (χ0n) is 20.1. The number of hydrogen-bond acceptors (Lipinski definition) is 6. The molecule has 0 unspecified atom stereocenters. The molecule has 1 saturated heterocycles. The number of rotatable bonds is 4. The summed E-state index contributed by atoms with van der Waals surface area (Å²) >= 11 is 0. The molecule has 1 N–H and O–H groups in total. The van der Waals surface area contributed by atoms with Gasteiger partial charge in [0.2, 0.25) is 5.95 Å². The Labute approximate surface area is 200 Å². The number of amides is 2. The first-order valence-corrected chi connectivity index (χ1v) is 11.9. The number of piperazine rings is 1. The van der Waals surface area contributed by atoms with E-state index in [1.165, 1.54) is 5.56 Å². The number of benzene rings is 1. The molecule has 3 aromatic rings. The number of aryl methyl sites for hydroxylation is 1. The fourth-order valence-corrected chi connectivity index (χ4v) is 4.84. The third kappa shape index (κ3) is 4.61. The van der Waals surface area contributed by atoms with Crippen LogP contribution in [0.3, 0.4) is 0 Å². The van der Waals surface area contributed by atoms with Crippen molar-refractivity contribution < 1.29 is 4.79 Å². The minimum absolute atomic E-state index is 0.0436. The van der Waals surface area contributed by atoms with Crippen LogP contribution in [0.4, 0.5) is 10.7 Å². The molecule has 2 aliphatic rings. The molecule has 2 atom stereocenters. The van der Waals surface area contributed by atoms with Gasteiger partial charge in [-0.2, -0.15) is 5.10 Å². The predicted molar refractivity (Wildman–Crippen MR) is 130 cm³/mol. The number of carbonyl (C=O) groups is 1. The maximum atomic E-state index is 13.8. The summed E-state index contributed by atoms with van der Waals surface area (Å²) in [7, 11) is 4.02. The van der Waals surface area contributed by atoms with E-state index < -0.39 is 0 Å². The van der Waals surface area contributed by atoms with Gasteiger partial charge >= 0.3 is 6.03 Å². The summed E-state index contributed by atoms with van der Waals surface area (Å²) in [6.07, 6.45) is 4.56. The Bertz CT molecular complexity index is 1150. The van der Waals surface area contributed by atoms with Crippen molar-refractivity contribution >= 4 is 12.0 Å². The van der Waals surface area contributed by atoms with Gasteiger partial charge in [0.15, 0.2) is 0 Å². The van der Waals surface area contributed by atoms with E-state index in [4.69, 9.17) is 4.98 Å². The number of aromatic nitrogens is 4. The second kappa shape index (κ2) is 9.42. The number of hydrogen-bond donors (Lipinski definition) is 1. The number of anilines is 1. The molecule has 4 heterocycles. The van der Waals surface area contributed by atoms with Crippen molar-refractivity contribution in [2.24, 2.45) is 7.05 Å². The van der Waals surface area contributed by atoms with E-state index in [0.29, 0.717) is 25.6 Å². The second-order valence-electron chi connectivity index (χ2n) is 9.35. The van der Waals surface area contributed by atoms with Crippen LogP contribution in [0.15, 0.2) is 48.8 Å². The van der Waals surface area contributed by atoms with Gasteiger partial charge in [-0.15, -0.1) is 0 Å². The molecule has 2 amide bonds. The van der Waals surface area contributed by atoms with Crippen LogP contribution in [0, 0.1) is 0 Å². The largest absolute Gasteiger partial charge is 0.348 e. The highest BCUT2D eigenvalue weighted by Crippen LogP contribution is 2.29. The number of likely N-dealkylation sites (N-methyl/N-ethyl adjacent to an activating group) is 1. The maximum Gasteiger partial charge on any atom is 0.321 e. The molecule has 1 aromatic carbocycles. The number of fused-ring (bicyclic) bond motifs is 1. The highest BCUT2D eigenvalue weighted by atomic mass is 16.2. The predicted octanol–water partition coefficient (Wildman–Crippen LogP) is 2.68. The smallest absolute Gasteiger partial charge is 0.321 e. The molecule has 5 rings (SSSR count). The van der Waals surface area contributed by atoms with Gasteiger partial charge in [0, 0.05) is 45.1 Å². The number of urea groups is 1. The van der Waals surface area contributed by atoms with E-state index in [9.17, 15) is 4.79 Å². The lowest BCUT2D eigenvalue weighted by molar-refractivity contribution is 0.0717. The normalized spacial score (nSPS) is 20.8. The van der Waals surface area contributed by atoms with E-state index in [0.717, 1.165) is 36.5 Å². The molecule has 0 radical (unpaired) electrons. The quantitative estimate of drug-likeness (QED) is 0.645. The Hall–Kier alpha value is -3.46. The first-order chi connectivity index (χ1) is 16.5. The Morgan fingerprint density at radius 1 is 1.12 bits per heavy atom. The average Bonchev–Trinajstić information content (AvgIpc) is 3.27. The Kier molecular flexibility index (Phi) is 6.19. The highest BCUT2D eigenvalue weighted by Gasteiger charge is 2.36. The van der Waals surface area contributed by atoms with Crippen molar-refractivity contribution in [3.05, 3.63) is 71.3 Å². The van der Waals surface area contributed by atoms with E-state index in [-0.39, 0.29) is 18.1 Å². The van der Waals surface area contributed by atoms with Crippen molar-refractivity contribution in [2.75, 3.05) is 32.0 Å². The van der Waals surface area contributed by atoms with Gasteiger partial charge in [-0.25, -0.2) is 14.8 Å². The van der Waals surface area contributed by atoms with E-state index >= 15 is 0 Å². The Balaban J connectivity index is 1.33. The molecule has 0 bridgehead atoms. The molecule has 178 valence electrons. The molecule has 1 fully saturated rings. The van der Waals surface area contributed by atoms with Gasteiger partial charge < -0.3 is 20.0 Å². The molecule has 9 nitrogen and oxygen atoms in total. The van der Waals surface area contributed by atoms with Gasteiger partial charge in [-0.05, 0) is 37.6 Å². The zero-order valence-corrected chi connectivity index (χ0v) is 20.1. The van der Waals surface area contributed by atoms with Gasteiger partial charge in [0.1, 0.15) is 0 Å². The third-order valence-corrected chi connectivity index (χ3v) is 6.78. The molecule has 34 heavy (non-hydrogen) atoms. The van der Waals surface area contributed by atoms with E-state index in [2.05, 4.69) is 46.4 Å². The summed E-state index contributed by atoms with van der Waals surface area (Å²) in [6.45, 7) is 5.58. The van der Waals surface area contributed by atoms with Crippen LogP contribution >= 0.6 is 0 Å². The lowest BCUT2D eigenvalue weighted by atomic mass is 9.99.